The molecule has 4 N–H and O–H groups in total. The number of aliphatic carboxylic acids is 1. The zero-order valence-electron chi connectivity index (χ0n) is 19.7. The summed E-state index contributed by atoms with van der Waals surface area (Å²) in [6.07, 6.45) is 0.961. The van der Waals surface area contributed by atoms with Crippen LogP contribution in [0.4, 0.5) is 0 Å². The third-order valence-corrected chi connectivity index (χ3v) is 5.03. The molecule has 36 heavy (non-hydrogen) atoms. The van der Waals surface area contributed by atoms with Gasteiger partial charge in [-0.1, -0.05) is 0 Å². The standard InChI is InChI=1S/C24H24N2O10/c1-32-18-7-12(8-19(33-2)23(18)34-3)6-17-22(29)14-5-4-13(9-16(14)36-17)35-11-21(28)26-15(24(30)31)10-20(25)27/h4-9,15H,10-11H2,1-3H3,(H2,25,27)(H,26,28)(H,30,31)/b17-6-/t15-/m1/s1. The Labute approximate surface area is 205 Å². The van der Waals surface area contributed by atoms with Crippen molar-refractivity contribution in [2.75, 3.05) is 27.9 Å². The van der Waals surface area contributed by atoms with Gasteiger partial charge in [0.1, 0.15) is 17.5 Å². The van der Waals surface area contributed by atoms with Crippen LogP contribution in [0.2, 0.25) is 0 Å². The first-order chi connectivity index (χ1) is 17.2. The Morgan fingerprint density at radius 3 is 2.31 bits per heavy atom. The first-order valence-electron chi connectivity index (χ1n) is 10.5. The molecular formula is C24H24N2O10. The van der Waals surface area contributed by atoms with E-state index in [0.29, 0.717) is 22.8 Å². The fraction of sp³-hybridized carbons (Fsp3) is 0.250. The summed E-state index contributed by atoms with van der Waals surface area (Å²) in [6, 6.07) is 6.21. The van der Waals surface area contributed by atoms with Gasteiger partial charge in [-0.3, -0.25) is 14.4 Å². The minimum absolute atomic E-state index is 0.0462. The minimum Gasteiger partial charge on any atom is -0.493 e. The molecule has 1 aliphatic heterocycles. The molecule has 0 saturated heterocycles. The van der Waals surface area contributed by atoms with Crippen LogP contribution in [0.3, 0.4) is 0 Å². The number of benzene rings is 2. The van der Waals surface area contributed by atoms with Gasteiger partial charge in [0.25, 0.3) is 5.91 Å². The number of amides is 2. The van der Waals surface area contributed by atoms with Crippen molar-refractivity contribution in [1.82, 2.24) is 5.32 Å². The van der Waals surface area contributed by atoms with Crippen molar-refractivity contribution in [3.05, 3.63) is 47.2 Å². The number of allylic oxidation sites excluding steroid dienone is 1. The first kappa shape index (κ1) is 25.9. The number of carboxylic acids is 1. The number of carboxylic acid groups (broad SMARTS) is 1. The molecule has 1 atom stereocenters. The topological polar surface area (TPSA) is 173 Å². The van der Waals surface area contributed by atoms with Crippen molar-refractivity contribution in [2.45, 2.75) is 12.5 Å². The van der Waals surface area contributed by atoms with Gasteiger partial charge in [0, 0.05) is 6.07 Å². The highest BCUT2D eigenvalue weighted by molar-refractivity contribution is 6.14. The molecule has 1 heterocycles. The molecule has 0 spiro atoms. The second-order valence-corrected chi connectivity index (χ2v) is 7.47. The van der Waals surface area contributed by atoms with Gasteiger partial charge < -0.3 is 39.8 Å². The zero-order chi connectivity index (χ0) is 26.4. The van der Waals surface area contributed by atoms with Crippen LogP contribution < -0.4 is 34.7 Å². The monoisotopic (exact) mass is 500 g/mol. The largest absolute Gasteiger partial charge is 0.493 e. The van der Waals surface area contributed by atoms with Crippen LogP contribution in [-0.4, -0.2) is 62.7 Å². The molecule has 0 bridgehead atoms. The number of fused-ring (bicyclic) bond motifs is 1. The number of hydrogen-bond donors (Lipinski definition) is 3. The lowest BCUT2D eigenvalue weighted by molar-refractivity contribution is -0.143. The number of Topliss-reactive ketones (excluding diaryl/α,β-unsaturated/α-hetero) is 1. The van der Waals surface area contributed by atoms with Crippen LogP contribution in [0, 0.1) is 0 Å². The number of primary amides is 1. The average Bonchev–Trinajstić information content (AvgIpc) is 3.15. The Bertz CT molecular complexity index is 1210. The smallest absolute Gasteiger partial charge is 0.326 e. The van der Waals surface area contributed by atoms with E-state index in [1.807, 2.05) is 0 Å². The maximum Gasteiger partial charge on any atom is 0.326 e. The van der Waals surface area contributed by atoms with E-state index in [0.717, 1.165) is 0 Å². The summed E-state index contributed by atoms with van der Waals surface area (Å²) >= 11 is 0. The number of carbonyl (C=O) groups excluding carboxylic acids is 3. The summed E-state index contributed by atoms with van der Waals surface area (Å²) < 4.78 is 27.0. The highest BCUT2D eigenvalue weighted by atomic mass is 16.5. The predicted octanol–water partition coefficient (Wildman–Crippen LogP) is 1.15. The SMILES string of the molecule is COc1cc(/C=C2\Oc3cc(OCC(=O)N[C@H](CC(N)=O)C(=O)O)ccc3C2=O)cc(OC)c1OC. The van der Waals surface area contributed by atoms with E-state index >= 15 is 0 Å². The van der Waals surface area contributed by atoms with Crippen molar-refractivity contribution in [3.8, 4) is 28.7 Å². The molecule has 1 aliphatic rings. The molecular weight excluding hydrogens is 476 g/mol. The Balaban J connectivity index is 1.72. The summed E-state index contributed by atoms with van der Waals surface area (Å²) in [6.45, 7) is -0.538. The number of hydrogen-bond acceptors (Lipinski definition) is 9. The molecule has 190 valence electrons. The first-order valence-corrected chi connectivity index (χ1v) is 10.5. The summed E-state index contributed by atoms with van der Waals surface area (Å²) in [5.74, 6) is -1.74. The van der Waals surface area contributed by atoms with Crippen molar-refractivity contribution < 1.29 is 48.0 Å². The molecule has 2 amide bonds. The van der Waals surface area contributed by atoms with Crippen molar-refractivity contribution in [1.29, 1.82) is 0 Å². The van der Waals surface area contributed by atoms with Gasteiger partial charge in [-0.25, -0.2) is 4.79 Å². The number of methoxy groups -OCH3 is 3. The minimum atomic E-state index is -1.47. The van der Waals surface area contributed by atoms with Crippen LogP contribution in [0.1, 0.15) is 22.3 Å². The Morgan fingerprint density at radius 1 is 1.08 bits per heavy atom. The Kier molecular flexibility index (Phi) is 8.00. The third kappa shape index (κ3) is 5.84. The van der Waals surface area contributed by atoms with Gasteiger partial charge in [-0.05, 0) is 35.9 Å². The Hall–Kier alpha value is -4.74. The fourth-order valence-corrected chi connectivity index (χ4v) is 3.38. The van der Waals surface area contributed by atoms with Gasteiger partial charge in [-0.2, -0.15) is 0 Å². The van der Waals surface area contributed by atoms with Gasteiger partial charge in [0.2, 0.25) is 17.4 Å². The number of carbonyl (C=O) groups is 4. The molecule has 0 saturated carbocycles. The molecule has 0 aliphatic carbocycles. The van der Waals surface area contributed by atoms with E-state index in [2.05, 4.69) is 5.32 Å². The maximum atomic E-state index is 12.8. The number of nitrogens with two attached hydrogens (primary N) is 1. The van der Waals surface area contributed by atoms with E-state index in [4.69, 9.17) is 34.5 Å². The molecule has 0 radical (unpaired) electrons. The van der Waals surface area contributed by atoms with Crippen molar-refractivity contribution in [3.63, 3.8) is 0 Å². The molecule has 3 rings (SSSR count). The lowest BCUT2D eigenvalue weighted by Gasteiger charge is -2.13. The quantitative estimate of drug-likeness (QED) is 0.380. The van der Waals surface area contributed by atoms with Gasteiger partial charge in [0.15, 0.2) is 23.9 Å². The van der Waals surface area contributed by atoms with E-state index in [1.54, 1.807) is 12.1 Å². The van der Waals surface area contributed by atoms with Gasteiger partial charge in [-0.15, -0.1) is 0 Å². The lowest BCUT2D eigenvalue weighted by Crippen LogP contribution is -2.45. The van der Waals surface area contributed by atoms with Crippen LogP contribution in [0.5, 0.6) is 28.7 Å². The number of nitrogens with one attached hydrogen (secondary N) is 1. The maximum absolute atomic E-state index is 12.8. The predicted molar refractivity (Wildman–Crippen MR) is 124 cm³/mol. The summed E-state index contributed by atoms with van der Waals surface area (Å²) in [7, 11) is 4.43. The van der Waals surface area contributed by atoms with E-state index < -0.39 is 36.9 Å². The normalized spacial score (nSPS) is 13.9. The van der Waals surface area contributed by atoms with Crippen LogP contribution >= 0.6 is 0 Å². The number of rotatable bonds is 11. The molecule has 0 unspecified atom stereocenters. The highest BCUT2D eigenvalue weighted by Crippen LogP contribution is 2.40. The van der Waals surface area contributed by atoms with Gasteiger partial charge in [0.05, 0.1) is 33.3 Å². The molecule has 12 nitrogen and oxygen atoms in total. The molecule has 0 aromatic heterocycles. The number of ketones is 1. The Morgan fingerprint density at radius 2 is 1.75 bits per heavy atom. The van der Waals surface area contributed by atoms with Crippen LogP contribution in [0.25, 0.3) is 6.08 Å². The number of ether oxygens (including phenoxy) is 5. The van der Waals surface area contributed by atoms with E-state index in [9.17, 15) is 19.2 Å². The summed E-state index contributed by atoms with van der Waals surface area (Å²) in [4.78, 5) is 46.9. The third-order valence-electron chi connectivity index (χ3n) is 5.03. The second-order valence-electron chi connectivity index (χ2n) is 7.47. The average molecular weight is 500 g/mol. The fourth-order valence-electron chi connectivity index (χ4n) is 3.38. The van der Waals surface area contributed by atoms with Gasteiger partial charge >= 0.3 is 5.97 Å². The van der Waals surface area contributed by atoms with Crippen LogP contribution in [-0.2, 0) is 14.4 Å². The summed E-state index contributed by atoms with van der Waals surface area (Å²) in [5.41, 5.74) is 5.85. The van der Waals surface area contributed by atoms with Crippen molar-refractivity contribution >= 4 is 29.6 Å². The molecule has 12 heteroatoms. The highest BCUT2D eigenvalue weighted by Gasteiger charge is 2.28. The second kappa shape index (κ2) is 11.1. The van der Waals surface area contributed by atoms with Crippen molar-refractivity contribution in [2.24, 2.45) is 5.73 Å². The summed E-state index contributed by atoms with van der Waals surface area (Å²) in [5, 5.41) is 11.2. The lowest BCUT2D eigenvalue weighted by atomic mass is 10.1. The van der Waals surface area contributed by atoms with E-state index in [1.165, 1.54) is 45.6 Å². The van der Waals surface area contributed by atoms with Crippen LogP contribution in [0.15, 0.2) is 36.1 Å². The van der Waals surface area contributed by atoms with E-state index in [-0.39, 0.29) is 28.6 Å². The zero-order valence-corrected chi connectivity index (χ0v) is 19.7. The molecule has 0 fully saturated rings. The molecule has 2 aromatic carbocycles. The molecule has 2 aromatic rings.